The SMILES string of the molecule is COc1ccc(-c2nc(Cn3cnc4c(N)ncnc43)c(N3CCC[C@](N)([C@H](O)C(F)F)C3)n2C)nc1F. The second-order valence-corrected chi connectivity index (χ2v) is 9.30. The molecular formula is C23H27F3N10O2. The summed E-state index contributed by atoms with van der Waals surface area (Å²) in [6, 6.07) is 3.02. The van der Waals surface area contributed by atoms with Crippen molar-refractivity contribution in [2.24, 2.45) is 12.8 Å². The van der Waals surface area contributed by atoms with Gasteiger partial charge in [-0.05, 0) is 25.0 Å². The quantitative estimate of drug-likeness (QED) is 0.296. The molecule has 5 heterocycles. The van der Waals surface area contributed by atoms with Gasteiger partial charge in [-0.25, -0.2) is 33.7 Å². The number of aliphatic hydroxyl groups excluding tert-OH is 1. The van der Waals surface area contributed by atoms with Gasteiger partial charge < -0.3 is 35.3 Å². The molecule has 2 atom stereocenters. The highest BCUT2D eigenvalue weighted by Crippen LogP contribution is 2.34. The van der Waals surface area contributed by atoms with Crippen LogP contribution in [-0.4, -0.2) is 77.4 Å². The van der Waals surface area contributed by atoms with Crippen LogP contribution in [0.1, 0.15) is 18.5 Å². The number of anilines is 2. The molecule has 1 saturated heterocycles. The molecule has 5 rings (SSSR count). The lowest BCUT2D eigenvalue weighted by Crippen LogP contribution is -2.63. The smallest absolute Gasteiger partial charge is 0.265 e. The fourth-order valence-corrected chi connectivity index (χ4v) is 4.94. The van der Waals surface area contributed by atoms with E-state index in [0.29, 0.717) is 41.5 Å². The van der Waals surface area contributed by atoms with Crippen LogP contribution in [0, 0.1) is 5.95 Å². The van der Waals surface area contributed by atoms with Gasteiger partial charge in [-0.1, -0.05) is 0 Å². The molecule has 0 saturated carbocycles. The van der Waals surface area contributed by atoms with Crippen LogP contribution in [0.25, 0.3) is 22.7 Å². The molecule has 1 aliphatic rings. The Morgan fingerprint density at radius 1 is 1.21 bits per heavy atom. The molecule has 1 aliphatic heterocycles. The topological polar surface area (TPSA) is 159 Å². The van der Waals surface area contributed by atoms with E-state index in [2.05, 4.69) is 19.9 Å². The van der Waals surface area contributed by atoms with Crippen molar-refractivity contribution in [3.63, 3.8) is 0 Å². The summed E-state index contributed by atoms with van der Waals surface area (Å²) >= 11 is 0. The van der Waals surface area contributed by atoms with E-state index in [1.165, 1.54) is 19.5 Å². The van der Waals surface area contributed by atoms with Gasteiger partial charge in [0, 0.05) is 20.1 Å². The zero-order valence-corrected chi connectivity index (χ0v) is 20.7. The molecule has 4 aromatic heterocycles. The van der Waals surface area contributed by atoms with Crippen LogP contribution in [-0.2, 0) is 13.6 Å². The summed E-state index contributed by atoms with van der Waals surface area (Å²) in [5, 5.41) is 10.2. The predicted octanol–water partition coefficient (Wildman–Crippen LogP) is 1.32. The van der Waals surface area contributed by atoms with Crippen LogP contribution < -0.4 is 21.1 Å². The first-order chi connectivity index (χ1) is 18.1. The van der Waals surface area contributed by atoms with E-state index in [-0.39, 0.29) is 36.8 Å². The number of aromatic nitrogens is 7. The maximum absolute atomic E-state index is 14.5. The number of nitrogens with two attached hydrogens (primary N) is 2. The van der Waals surface area contributed by atoms with Crippen LogP contribution in [0.2, 0.25) is 0 Å². The van der Waals surface area contributed by atoms with Crippen molar-refractivity contribution in [1.29, 1.82) is 0 Å². The molecule has 0 aromatic carbocycles. The van der Waals surface area contributed by atoms with E-state index >= 15 is 0 Å². The second kappa shape index (κ2) is 9.72. The van der Waals surface area contributed by atoms with Crippen molar-refractivity contribution in [1.82, 2.24) is 34.1 Å². The minimum absolute atomic E-state index is 0.0181. The molecule has 0 unspecified atom stereocenters. The van der Waals surface area contributed by atoms with Gasteiger partial charge in [0.1, 0.15) is 35.2 Å². The zero-order chi connectivity index (χ0) is 27.2. The Hall–Kier alpha value is -3.98. The van der Waals surface area contributed by atoms with Gasteiger partial charge in [0.15, 0.2) is 23.0 Å². The monoisotopic (exact) mass is 532 g/mol. The summed E-state index contributed by atoms with van der Waals surface area (Å²) in [5.74, 6) is 0.285. The fraction of sp³-hybridized carbons (Fsp3) is 0.435. The highest BCUT2D eigenvalue weighted by Gasteiger charge is 2.44. The number of halogens is 3. The molecule has 0 bridgehead atoms. The minimum Gasteiger partial charge on any atom is -0.492 e. The Morgan fingerprint density at radius 2 is 2.00 bits per heavy atom. The lowest BCUT2D eigenvalue weighted by Gasteiger charge is -2.43. The highest BCUT2D eigenvalue weighted by molar-refractivity contribution is 5.81. The molecule has 202 valence electrons. The van der Waals surface area contributed by atoms with Crippen molar-refractivity contribution in [2.75, 3.05) is 30.8 Å². The Labute approximate surface area is 215 Å². The first-order valence-corrected chi connectivity index (χ1v) is 11.8. The van der Waals surface area contributed by atoms with E-state index in [9.17, 15) is 18.3 Å². The average molecular weight is 533 g/mol. The van der Waals surface area contributed by atoms with Crippen molar-refractivity contribution in [3.8, 4) is 17.3 Å². The number of hydrogen-bond donors (Lipinski definition) is 3. The van der Waals surface area contributed by atoms with Crippen molar-refractivity contribution >= 4 is 22.8 Å². The second-order valence-electron chi connectivity index (χ2n) is 9.30. The Balaban J connectivity index is 1.61. The van der Waals surface area contributed by atoms with E-state index < -0.39 is 24.0 Å². The predicted molar refractivity (Wildman–Crippen MR) is 132 cm³/mol. The average Bonchev–Trinajstić information content (AvgIpc) is 3.45. The van der Waals surface area contributed by atoms with Gasteiger partial charge >= 0.3 is 0 Å². The minimum atomic E-state index is -2.99. The number of nitrogen functional groups attached to an aromatic ring is 1. The highest BCUT2D eigenvalue weighted by atomic mass is 19.3. The Morgan fingerprint density at radius 3 is 2.71 bits per heavy atom. The number of methoxy groups -OCH3 is 1. The van der Waals surface area contributed by atoms with Gasteiger partial charge in [-0.2, -0.15) is 4.39 Å². The van der Waals surface area contributed by atoms with Crippen LogP contribution in [0.15, 0.2) is 24.8 Å². The standard InChI is InChI=1S/C23H27F3N10O2/c1-34-20(12-4-5-14(38-2)18(26)32-12)33-13(8-36-11-31-15-19(27)29-10-30-21(15)36)22(34)35-7-3-6-23(28,9-35)16(37)17(24)25/h4-5,10-11,16-17,37H,3,6-9,28H2,1-2H3,(H2,27,29,30)/t16-,23-/m1/s1. The van der Waals surface area contributed by atoms with Crippen molar-refractivity contribution in [3.05, 3.63) is 36.4 Å². The Bertz CT molecular complexity index is 1480. The first-order valence-electron chi connectivity index (χ1n) is 11.8. The summed E-state index contributed by atoms with van der Waals surface area (Å²) in [7, 11) is 3.05. The number of piperidine rings is 1. The van der Waals surface area contributed by atoms with E-state index in [1.807, 2.05) is 4.90 Å². The molecule has 0 aliphatic carbocycles. The molecular weight excluding hydrogens is 505 g/mol. The summed E-state index contributed by atoms with van der Waals surface area (Å²) in [6.45, 7) is 0.597. The summed E-state index contributed by atoms with van der Waals surface area (Å²) in [5.41, 5.74) is 12.3. The maximum Gasteiger partial charge on any atom is 0.265 e. The molecule has 0 amide bonds. The van der Waals surface area contributed by atoms with Crippen LogP contribution in [0.5, 0.6) is 5.75 Å². The number of hydrogen-bond acceptors (Lipinski definition) is 10. The normalized spacial score (nSPS) is 18.9. The molecule has 5 N–H and O–H groups in total. The molecule has 15 heteroatoms. The van der Waals surface area contributed by atoms with Crippen LogP contribution in [0.3, 0.4) is 0 Å². The number of pyridine rings is 1. The summed E-state index contributed by atoms with van der Waals surface area (Å²) in [6.07, 6.45) is -1.44. The van der Waals surface area contributed by atoms with Gasteiger partial charge in [0.2, 0.25) is 0 Å². The van der Waals surface area contributed by atoms with Crippen LogP contribution in [0.4, 0.5) is 24.8 Å². The molecule has 38 heavy (non-hydrogen) atoms. The molecule has 0 spiro atoms. The van der Waals surface area contributed by atoms with Crippen molar-refractivity contribution < 1.29 is 23.0 Å². The fourth-order valence-electron chi connectivity index (χ4n) is 4.94. The van der Waals surface area contributed by atoms with Gasteiger partial charge in [-0.3, -0.25) is 0 Å². The third-order valence-corrected chi connectivity index (χ3v) is 6.83. The van der Waals surface area contributed by atoms with Crippen molar-refractivity contribution in [2.45, 2.75) is 37.5 Å². The number of imidazole rings is 2. The van der Waals surface area contributed by atoms with E-state index in [0.717, 1.165) is 0 Å². The first kappa shape index (κ1) is 25.7. The molecule has 4 aromatic rings. The van der Waals surface area contributed by atoms with E-state index in [1.54, 1.807) is 28.6 Å². The largest absolute Gasteiger partial charge is 0.492 e. The van der Waals surface area contributed by atoms with Crippen LogP contribution >= 0.6 is 0 Å². The lowest BCUT2D eigenvalue weighted by molar-refractivity contribution is -0.0530. The third kappa shape index (κ3) is 4.36. The van der Waals surface area contributed by atoms with E-state index in [4.69, 9.17) is 21.2 Å². The summed E-state index contributed by atoms with van der Waals surface area (Å²) in [4.78, 5) is 23.1. The maximum atomic E-state index is 14.5. The number of nitrogens with zero attached hydrogens (tertiary/aromatic N) is 8. The number of ether oxygens (including phenoxy) is 1. The molecule has 12 nitrogen and oxygen atoms in total. The number of alkyl halides is 2. The van der Waals surface area contributed by atoms with Gasteiger partial charge in [0.25, 0.3) is 12.4 Å². The molecule has 1 fully saturated rings. The molecule has 0 radical (unpaired) electrons. The zero-order valence-electron chi connectivity index (χ0n) is 20.7. The Kier molecular flexibility index (Phi) is 6.56. The van der Waals surface area contributed by atoms with Gasteiger partial charge in [0.05, 0.1) is 25.5 Å². The number of aliphatic hydroxyl groups is 1. The lowest BCUT2D eigenvalue weighted by atomic mass is 9.84. The number of fused-ring (bicyclic) bond motifs is 1. The third-order valence-electron chi connectivity index (χ3n) is 6.83. The van der Waals surface area contributed by atoms with Gasteiger partial charge in [-0.15, -0.1) is 0 Å². The number of rotatable bonds is 7. The summed E-state index contributed by atoms with van der Waals surface area (Å²) < 4.78 is 49.8.